The molecule has 3 rings (SSSR count). The molecule has 21 heavy (non-hydrogen) atoms. The normalized spacial score (nSPS) is 17.9. The Morgan fingerprint density at radius 1 is 1.29 bits per heavy atom. The Labute approximate surface area is 133 Å². The van der Waals surface area contributed by atoms with Crippen LogP contribution in [-0.4, -0.2) is 23.9 Å². The molecule has 0 bridgehead atoms. The highest BCUT2D eigenvalue weighted by Crippen LogP contribution is 2.35. The molecule has 1 fully saturated rings. The maximum absolute atomic E-state index is 7.75. The number of pyridine rings is 1. The van der Waals surface area contributed by atoms with Crippen molar-refractivity contribution in [3.05, 3.63) is 34.9 Å². The number of aromatic nitrogens is 1. The highest BCUT2D eigenvalue weighted by molar-refractivity contribution is 9.10. The van der Waals surface area contributed by atoms with Gasteiger partial charge in [0.2, 0.25) is 0 Å². The summed E-state index contributed by atoms with van der Waals surface area (Å²) in [5.74, 6) is 1.33. The first-order valence-electron chi connectivity index (χ1n) is 7.14. The molecule has 1 aromatic carbocycles. The van der Waals surface area contributed by atoms with Crippen LogP contribution in [-0.2, 0) is 0 Å². The average molecular weight is 347 g/mol. The lowest BCUT2D eigenvalue weighted by molar-refractivity contribution is 0.350. The zero-order valence-corrected chi connectivity index (χ0v) is 13.7. The van der Waals surface area contributed by atoms with Crippen molar-refractivity contribution in [1.29, 1.82) is 5.41 Å². The molecule has 1 aliphatic rings. The minimum Gasteiger partial charge on any atom is -0.387 e. The highest BCUT2D eigenvalue weighted by Gasteiger charge is 2.33. The van der Waals surface area contributed by atoms with E-state index in [0.717, 1.165) is 36.2 Å². The van der Waals surface area contributed by atoms with Crippen LogP contribution in [0.1, 0.15) is 19.8 Å². The number of anilines is 1. The summed E-state index contributed by atoms with van der Waals surface area (Å²) < 4.78 is 1.09. The number of hydrogen-bond donors (Lipinski definition) is 2. The first-order chi connectivity index (χ1) is 10.0. The smallest absolute Gasteiger partial charge is 0.136 e. The Morgan fingerprint density at radius 3 is 2.67 bits per heavy atom. The number of halogens is 1. The predicted molar refractivity (Wildman–Crippen MR) is 90.9 cm³/mol. The van der Waals surface area contributed by atoms with Gasteiger partial charge in [0, 0.05) is 39.9 Å². The van der Waals surface area contributed by atoms with Crippen LogP contribution in [0.15, 0.2) is 34.9 Å². The van der Waals surface area contributed by atoms with Gasteiger partial charge in [-0.25, -0.2) is 4.98 Å². The molecule has 0 spiro atoms. The highest BCUT2D eigenvalue weighted by atomic mass is 79.9. The molecular weight excluding hydrogens is 328 g/mol. The molecule has 3 N–H and O–H groups in total. The van der Waals surface area contributed by atoms with E-state index in [1.54, 1.807) is 0 Å². The number of rotatable bonds is 2. The van der Waals surface area contributed by atoms with Crippen molar-refractivity contribution in [1.82, 2.24) is 4.98 Å². The van der Waals surface area contributed by atoms with Gasteiger partial charge in [-0.15, -0.1) is 0 Å². The van der Waals surface area contributed by atoms with Crippen molar-refractivity contribution >= 4 is 38.4 Å². The number of hydrogen-bond acceptors (Lipinski definition) is 3. The lowest BCUT2D eigenvalue weighted by atomic mass is 9.79. The second-order valence-corrected chi connectivity index (χ2v) is 6.79. The second-order valence-electron chi connectivity index (χ2n) is 5.93. The Kier molecular flexibility index (Phi) is 3.61. The molecule has 0 radical (unpaired) electrons. The zero-order valence-electron chi connectivity index (χ0n) is 12.1. The van der Waals surface area contributed by atoms with Gasteiger partial charge in [-0.05, 0) is 25.0 Å². The Morgan fingerprint density at radius 2 is 2.00 bits per heavy atom. The molecule has 0 saturated carbocycles. The number of fused-ring (bicyclic) bond motifs is 1. The maximum atomic E-state index is 7.75. The van der Waals surface area contributed by atoms with E-state index >= 15 is 0 Å². The molecule has 110 valence electrons. The third-order valence-electron chi connectivity index (χ3n) is 4.55. The molecule has 0 aliphatic carbocycles. The van der Waals surface area contributed by atoms with Crippen molar-refractivity contribution in [3.63, 3.8) is 0 Å². The monoisotopic (exact) mass is 346 g/mol. The van der Waals surface area contributed by atoms with Crippen LogP contribution in [0, 0.1) is 10.8 Å². The van der Waals surface area contributed by atoms with E-state index in [0.29, 0.717) is 5.84 Å². The van der Waals surface area contributed by atoms with Crippen LogP contribution < -0.4 is 10.6 Å². The van der Waals surface area contributed by atoms with Crippen LogP contribution in [0.3, 0.4) is 0 Å². The van der Waals surface area contributed by atoms with Gasteiger partial charge in [0.25, 0.3) is 0 Å². The van der Waals surface area contributed by atoms with E-state index < -0.39 is 0 Å². The van der Waals surface area contributed by atoms with Gasteiger partial charge < -0.3 is 10.6 Å². The van der Waals surface area contributed by atoms with E-state index in [4.69, 9.17) is 11.1 Å². The summed E-state index contributed by atoms with van der Waals surface area (Å²) >= 11 is 3.60. The number of nitrogens with two attached hydrogens (primary N) is 1. The van der Waals surface area contributed by atoms with Gasteiger partial charge in [0.1, 0.15) is 5.82 Å². The van der Waals surface area contributed by atoms with E-state index in [-0.39, 0.29) is 5.41 Å². The fourth-order valence-corrected chi connectivity index (χ4v) is 3.39. The fourth-order valence-electron chi connectivity index (χ4n) is 2.89. The molecule has 1 saturated heterocycles. The minimum atomic E-state index is -0.165. The van der Waals surface area contributed by atoms with Crippen molar-refractivity contribution < 1.29 is 0 Å². The van der Waals surface area contributed by atoms with Gasteiger partial charge in [0.15, 0.2) is 0 Å². The van der Waals surface area contributed by atoms with Crippen molar-refractivity contribution in [2.45, 2.75) is 19.8 Å². The van der Waals surface area contributed by atoms with Gasteiger partial charge in [0.05, 0.1) is 5.84 Å². The van der Waals surface area contributed by atoms with Gasteiger partial charge >= 0.3 is 0 Å². The number of benzene rings is 1. The molecular formula is C16H19BrN4. The minimum absolute atomic E-state index is 0.165. The van der Waals surface area contributed by atoms with Crippen LogP contribution in [0.2, 0.25) is 0 Å². The van der Waals surface area contributed by atoms with Gasteiger partial charge in [-0.2, -0.15) is 0 Å². The molecule has 5 heteroatoms. The molecule has 1 aliphatic heterocycles. The van der Waals surface area contributed by atoms with E-state index in [9.17, 15) is 0 Å². The van der Waals surface area contributed by atoms with Crippen molar-refractivity contribution in [2.24, 2.45) is 11.1 Å². The summed E-state index contributed by atoms with van der Waals surface area (Å²) in [6, 6.07) is 8.24. The summed E-state index contributed by atoms with van der Waals surface area (Å²) in [4.78, 5) is 6.89. The first kappa shape index (κ1) is 14.3. The number of nitrogens with zero attached hydrogens (tertiary/aromatic N) is 2. The predicted octanol–water partition coefficient (Wildman–Crippen LogP) is 3.54. The molecule has 0 unspecified atom stereocenters. The lowest BCUT2D eigenvalue weighted by Crippen LogP contribution is -2.45. The van der Waals surface area contributed by atoms with E-state index in [1.807, 2.05) is 18.3 Å². The SMILES string of the molecule is CC1(C(=N)N)CCN(c2nccc3c(Br)cccc23)CC1. The summed E-state index contributed by atoms with van der Waals surface area (Å²) in [6.45, 7) is 3.85. The Bertz CT molecular complexity index is 690. The number of piperidine rings is 1. The third-order valence-corrected chi connectivity index (χ3v) is 5.24. The molecule has 4 nitrogen and oxygen atoms in total. The van der Waals surface area contributed by atoms with Crippen molar-refractivity contribution in [2.75, 3.05) is 18.0 Å². The summed E-state index contributed by atoms with van der Waals surface area (Å²) in [7, 11) is 0. The Balaban J connectivity index is 1.93. The third kappa shape index (κ3) is 2.50. The summed E-state index contributed by atoms with van der Waals surface area (Å²) in [5, 5.41) is 10.1. The molecule has 0 atom stereocenters. The molecule has 2 heterocycles. The van der Waals surface area contributed by atoms with Crippen molar-refractivity contribution in [3.8, 4) is 0 Å². The largest absolute Gasteiger partial charge is 0.387 e. The Hall–Kier alpha value is -1.62. The van der Waals surface area contributed by atoms with Gasteiger partial charge in [-0.1, -0.05) is 35.0 Å². The summed E-state index contributed by atoms with van der Waals surface area (Å²) in [5.41, 5.74) is 5.57. The van der Waals surface area contributed by atoms with Crippen LogP contribution in [0.5, 0.6) is 0 Å². The topological polar surface area (TPSA) is 66.0 Å². The lowest BCUT2D eigenvalue weighted by Gasteiger charge is -2.39. The number of nitrogens with one attached hydrogen (secondary N) is 1. The zero-order chi connectivity index (χ0) is 15.0. The molecule has 2 aromatic rings. The summed E-state index contributed by atoms with van der Waals surface area (Å²) in [6.07, 6.45) is 3.66. The van der Waals surface area contributed by atoms with Gasteiger partial charge in [-0.3, -0.25) is 5.41 Å². The second kappa shape index (κ2) is 5.30. The van der Waals surface area contributed by atoms with E-state index in [2.05, 4.69) is 44.9 Å². The maximum Gasteiger partial charge on any atom is 0.136 e. The quantitative estimate of drug-likeness (QED) is 0.645. The van der Waals surface area contributed by atoms with E-state index in [1.165, 1.54) is 10.8 Å². The van der Waals surface area contributed by atoms with Crippen LogP contribution in [0.25, 0.3) is 10.8 Å². The molecule has 1 aromatic heterocycles. The van der Waals surface area contributed by atoms with Crippen LogP contribution >= 0.6 is 15.9 Å². The first-order valence-corrected chi connectivity index (χ1v) is 7.93. The standard InChI is InChI=1S/C16H19BrN4/c1-16(15(18)19)6-9-21(10-7-16)14-12-3-2-4-13(17)11(12)5-8-20-14/h2-5,8H,6-7,9-10H2,1H3,(H3,18,19). The number of amidine groups is 1. The van der Waals surface area contributed by atoms with Crippen LogP contribution in [0.4, 0.5) is 5.82 Å². The molecule has 0 amide bonds. The average Bonchev–Trinajstić information content (AvgIpc) is 2.48. The fraction of sp³-hybridized carbons (Fsp3) is 0.375.